The van der Waals surface area contributed by atoms with Gasteiger partial charge in [0.15, 0.2) is 0 Å². The van der Waals surface area contributed by atoms with Gasteiger partial charge in [0.2, 0.25) is 0 Å². The van der Waals surface area contributed by atoms with Crippen LogP contribution in [0.15, 0.2) is 12.1 Å². The van der Waals surface area contributed by atoms with Crippen LogP contribution in [-0.4, -0.2) is 37.0 Å². The first-order valence-electron chi connectivity index (χ1n) is 6.86. The number of nitrogens with zero attached hydrogens (tertiary/aromatic N) is 1. The summed E-state index contributed by atoms with van der Waals surface area (Å²) >= 11 is 0. The Labute approximate surface area is 122 Å². The van der Waals surface area contributed by atoms with Crippen LogP contribution >= 0.6 is 0 Å². The number of nitrogens with two attached hydrogens (primary N) is 1. The molecule has 0 aromatic heterocycles. The molecule has 21 heavy (non-hydrogen) atoms. The van der Waals surface area contributed by atoms with Gasteiger partial charge in [-0.3, -0.25) is 9.59 Å². The number of carbonyl (C=O) groups excluding carboxylic acids is 2. The van der Waals surface area contributed by atoms with Crippen LogP contribution in [0.5, 0.6) is 0 Å². The van der Waals surface area contributed by atoms with Gasteiger partial charge in [-0.1, -0.05) is 0 Å². The Bertz CT molecular complexity index is 543. The zero-order valence-corrected chi connectivity index (χ0v) is 12.2. The van der Waals surface area contributed by atoms with E-state index in [2.05, 4.69) is 0 Å². The molecule has 0 bridgehead atoms. The molecule has 1 aliphatic rings. The van der Waals surface area contributed by atoms with Crippen molar-refractivity contribution in [3.63, 3.8) is 0 Å². The largest absolute Gasteiger partial charge is 0.469 e. The predicted octanol–water partition coefficient (Wildman–Crippen LogP) is 1.74. The van der Waals surface area contributed by atoms with E-state index in [9.17, 15) is 14.0 Å². The van der Waals surface area contributed by atoms with Crippen LogP contribution in [0.2, 0.25) is 0 Å². The molecule has 114 valence electrons. The lowest BCUT2D eigenvalue weighted by atomic mass is 9.96. The quantitative estimate of drug-likeness (QED) is 0.666. The van der Waals surface area contributed by atoms with Crippen LogP contribution in [-0.2, 0) is 9.53 Å². The fourth-order valence-corrected chi connectivity index (χ4v) is 2.49. The third kappa shape index (κ3) is 3.15. The number of halogens is 1. The summed E-state index contributed by atoms with van der Waals surface area (Å²) in [5.41, 5.74) is 6.55. The summed E-state index contributed by atoms with van der Waals surface area (Å²) in [5.74, 6) is -1.15. The van der Waals surface area contributed by atoms with E-state index in [0.717, 1.165) is 0 Å². The van der Waals surface area contributed by atoms with E-state index in [1.54, 1.807) is 11.8 Å². The van der Waals surface area contributed by atoms with E-state index in [1.165, 1.54) is 19.2 Å². The third-order valence-corrected chi connectivity index (χ3v) is 3.95. The third-order valence-electron chi connectivity index (χ3n) is 3.95. The van der Waals surface area contributed by atoms with Gasteiger partial charge in [-0.25, -0.2) is 4.39 Å². The van der Waals surface area contributed by atoms with Gasteiger partial charge < -0.3 is 15.4 Å². The molecule has 0 aliphatic carbocycles. The number of rotatable bonds is 2. The van der Waals surface area contributed by atoms with E-state index >= 15 is 0 Å². The Balaban J connectivity index is 2.07. The molecule has 0 radical (unpaired) electrons. The zero-order valence-electron chi connectivity index (χ0n) is 12.2. The molecule has 1 aromatic carbocycles. The maximum atomic E-state index is 13.7. The van der Waals surface area contributed by atoms with Gasteiger partial charge in [0.25, 0.3) is 5.91 Å². The molecule has 0 spiro atoms. The molecular formula is C15H19FN2O3. The number of hydrogen-bond acceptors (Lipinski definition) is 4. The van der Waals surface area contributed by atoms with Crippen molar-refractivity contribution < 1.29 is 18.7 Å². The van der Waals surface area contributed by atoms with Gasteiger partial charge in [0.05, 0.1) is 13.0 Å². The average Bonchev–Trinajstić information content (AvgIpc) is 2.50. The van der Waals surface area contributed by atoms with Gasteiger partial charge in [0, 0.05) is 29.9 Å². The Kier molecular flexibility index (Phi) is 4.45. The van der Waals surface area contributed by atoms with Crippen molar-refractivity contribution in [3.8, 4) is 0 Å². The zero-order chi connectivity index (χ0) is 15.6. The van der Waals surface area contributed by atoms with Crippen molar-refractivity contribution in [2.24, 2.45) is 5.92 Å². The van der Waals surface area contributed by atoms with E-state index in [1.807, 2.05) is 0 Å². The monoisotopic (exact) mass is 294 g/mol. The number of amides is 1. The molecule has 6 heteroatoms. The summed E-state index contributed by atoms with van der Waals surface area (Å²) in [6.45, 7) is 2.47. The number of ether oxygens (including phenoxy) is 1. The van der Waals surface area contributed by atoms with Gasteiger partial charge in [-0.05, 0) is 31.9 Å². The number of methoxy groups -OCH3 is 1. The molecule has 0 unspecified atom stereocenters. The van der Waals surface area contributed by atoms with Crippen LogP contribution in [0, 0.1) is 18.7 Å². The highest BCUT2D eigenvalue weighted by Crippen LogP contribution is 2.23. The molecule has 5 nitrogen and oxygen atoms in total. The van der Waals surface area contributed by atoms with E-state index < -0.39 is 5.82 Å². The molecule has 1 saturated heterocycles. The van der Waals surface area contributed by atoms with Crippen LogP contribution in [0.4, 0.5) is 10.1 Å². The maximum absolute atomic E-state index is 13.7. The Morgan fingerprint density at radius 3 is 2.48 bits per heavy atom. The summed E-state index contributed by atoms with van der Waals surface area (Å²) in [6.07, 6.45) is 1.12. The smallest absolute Gasteiger partial charge is 0.308 e. The Morgan fingerprint density at radius 2 is 1.95 bits per heavy atom. The number of nitrogen functional groups attached to an aromatic ring is 1. The molecule has 1 aliphatic heterocycles. The van der Waals surface area contributed by atoms with Crippen molar-refractivity contribution in [1.29, 1.82) is 0 Å². The summed E-state index contributed by atoms with van der Waals surface area (Å²) < 4.78 is 18.4. The summed E-state index contributed by atoms with van der Waals surface area (Å²) in [7, 11) is 1.36. The SMILES string of the molecule is COC(=O)C1CCN(C(=O)c2cc(N)c(C)c(F)c2)CC1. The minimum atomic E-state index is -0.484. The first-order chi connectivity index (χ1) is 9.93. The Hall–Kier alpha value is -2.11. The van der Waals surface area contributed by atoms with Gasteiger partial charge in [0.1, 0.15) is 5.82 Å². The molecule has 0 saturated carbocycles. The average molecular weight is 294 g/mol. The van der Waals surface area contributed by atoms with Crippen LogP contribution in [0.3, 0.4) is 0 Å². The highest BCUT2D eigenvalue weighted by Gasteiger charge is 2.28. The number of benzene rings is 1. The van der Waals surface area contributed by atoms with E-state index in [0.29, 0.717) is 31.5 Å². The van der Waals surface area contributed by atoms with Crippen molar-refractivity contribution in [2.75, 3.05) is 25.9 Å². The highest BCUT2D eigenvalue weighted by molar-refractivity contribution is 5.95. The van der Waals surface area contributed by atoms with Gasteiger partial charge >= 0.3 is 5.97 Å². The summed E-state index contributed by atoms with van der Waals surface area (Å²) in [4.78, 5) is 25.4. The lowest BCUT2D eigenvalue weighted by Gasteiger charge is -2.30. The maximum Gasteiger partial charge on any atom is 0.308 e. The molecule has 1 aromatic rings. The van der Waals surface area contributed by atoms with E-state index in [4.69, 9.17) is 10.5 Å². The molecule has 0 atom stereocenters. The summed E-state index contributed by atoms with van der Waals surface area (Å²) in [6, 6.07) is 2.70. The standard InChI is InChI=1S/C15H19FN2O3/c1-9-12(16)7-11(8-13(9)17)14(19)18-5-3-10(4-6-18)15(20)21-2/h7-8,10H,3-6,17H2,1-2H3. The number of anilines is 1. The minimum Gasteiger partial charge on any atom is -0.469 e. The molecule has 1 heterocycles. The van der Waals surface area contributed by atoms with Crippen molar-refractivity contribution in [1.82, 2.24) is 4.90 Å². The number of esters is 1. The van der Waals surface area contributed by atoms with Crippen LogP contribution < -0.4 is 5.73 Å². The van der Waals surface area contributed by atoms with Crippen molar-refractivity contribution in [2.45, 2.75) is 19.8 Å². The van der Waals surface area contributed by atoms with E-state index in [-0.39, 0.29) is 29.0 Å². The summed E-state index contributed by atoms with van der Waals surface area (Å²) in [5, 5.41) is 0. The Morgan fingerprint density at radius 1 is 1.33 bits per heavy atom. The van der Waals surface area contributed by atoms with Crippen LogP contribution in [0.1, 0.15) is 28.8 Å². The number of likely N-dealkylation sites (tertiary alicyclic amines) is 1. The molecule has 1 amide bonds. The molecule has 2 rings (SSSR count). The number of hydrogen-bond donors (Lipinski definition) is 1. The first-order valence-corrected chi connectivity index (χ1v) is 6.86. The normalized spacial score (nSPS) is 15.9. The fraction of sp³-hybridized carbons (Fsp3) is 0.467. The number of piperidine rings is 1. The molecule has 2 N–H and O–H groups in total. The lowest BCUT2D eigenvalue weighted by molar-refractivity contribution is -0.146. The molecule has 1 fully saturated rings. The van der Waals surface area contributed by atoms with Crippen LogP contribution in [0.25, 0.3) is 0 Å². The van der Waals surface area contributed by atoms with Crippen molar-refractivity contribution in [3.05, 3.63) is 29.1 Å². The number of carbonyl (C=O) groups is 2. The predicted molar refractivity (Wildman–Crippen MR) is 76.2 cm³/mol. The second-order valence-electron chi connectivity index (χ2n) is 5.26. The topological polar surface area (TPSA) is 72.6 Å². The van der Waals surface area contributed by atoms with Gasteiger partial charge in [-0.15, -0.1) is 0 Å². The van der Waals surface area contributed by atoms with Gasteiger partial charge in [-0.2, -0.15) is 0 Å². The first kappa shape index (κ1) is 15.3. The fourth-order valence-electron chi connectivity index (χ4n) is 2.49. The second-order valence-corrected chi connectivity index (χ2v) is 5.26. The minimum absolute atomic E-state index is 0.168. The highest BCUT2D eigenvalue weighted by atomic mass is 19.1. The van der Waals surface area contributed by atoms with Crippen molar-refractivity contribution >= 4 is 17.6 Å². The molecular weight excluding hydrogens is 275 g/mol. The second kappa shape index (κ2) is 6.11. The lowest BCUT2D eigenvalue weighted by Crippen LogP contribution is -2.40.